The Labute approximate surface area is 159 Å². The molecule has 6 nitrogen and oxygen atoms in total. The second-order valence-corrected chi connectivity index (χ2v) is 7.08. The van der Waals surface area contributed by atoms with E-state index < -0.39 is 0 Å². The standard InChI is InChI=1S/C21H24N6/c1-14-4-7-17(8-5-14)11-27-12-22-20(23-13-27)26-21-24-16(3)18-10-15(2)6-9-19(18)25-21/h4-10H,11-13H2,1-3H3,(H2,22,23,24,25,26). The number of anilines is 1. The van der Waals surface area contributed by atoms with Crippen LogP contribution in [-0.4, -0.2) is 34.2 Å². The normalized spacial score (nSPS) is 14.7. The second-order valence-electron chi connectivity index (χ2n) is 7.08. The van der Waals surface area contributed by atoms with E-state index in [1.807, 2.05) is 13.0 Å². The Hall–Kier alpha value is -2.99. The number of nitrogens with one attached hydrogen (secondary N) is 2. The van der Waals surface area contributed by atoms with Gasteiger partial charge in [-0.15, -0.1) is 0 Å². The molecule has 1 aromatic heterocycles. The van der Waals surface area contributed by atoms with Gasteiger partial charge in [0.05, 0.1) is 24.5 Å². The molecule has 0 radical (unpaired) electrons. The van der Waals surface area contributed by atoms with Crippen LogP contribution in [0.5, 0.6) is 0 Å². The van der Waals surface area contributed by atoms with Crippen LogP contribution < -0.4 is 10.6 Å². The number of hydrogen-bond acceptors (Lipinski definition) is 6. The van der Waals surface area contributed by atoms with E-state index in [4.69, 9.17) is 0 Å². The van der Waals surface area contributed by atoms with Crippen LogP contribution in [0.15, 0.2) is 47.5 Å². The van der Waals surface area contributed by atoms with E-state index in [1.165, 1.54) is 16.7 Å². The Morgan fingerprint density at radius 1 is 1.00 bits per heavy atom. The van der Waals surface area contributed by atoms with Crippen LogP contribution >= 0.6 is 0 Å². The maximum atomic E-state index is 4.61. The Morgan fingerprint density at radius 2 is 1.78 bits per heavy atom. The zero-order valence-electron chi connectivity index (χ0n) is 16.0. The molecule has 1 aliphatic heterocycles. The smallest absolute Gasteiger partial charge is 0.230 e. The van der Waals surface area contributed by atoms with Crippen LogP contribution in [0.3, 0.4) is 0 Å². The molecule has 0 saturated carbocycles. The molecule has 27 heavy (non-hydrogen) atoms. The molecule has 138 valence electrons. The molecule has 3 aromatic rings. The van der Waals surface area contributed by atoms with Gasteiger partial charge in [0, 0.05) is 11.9 Å². The number of nitrogens with zero attached hydrogens (tertiary/aromatic N) is 4. The Morgan fingerprint density at radius 3 is 2.52 bits per heavy atom. The number of aryl methyl sites for hydroxylation is 3. The van der Waals surface area contributed by atoms with Crippen LogP contribution in [0.25, 0.3) is 10.9 Å². The van der Waals surface area contributed by atoms with E-state index in [1.54, 1.807) is 0 Å². The lowest BCUT2D eigenvalue weighted by molar-refractivity contribution is 0.256. The lowest BCUT2D eigenvalue weighted by Crippen LogP contribution is -2.45. The lowest BCUT2D eigenvalue weighted by atomic mass is 10.1. The molecule has 0 saturated heterocycles. The first-order valence-corrected chi connectivity index (χ1v) is 9.15. The first kappa shape index (κ1) is 17.4. The molecule has 0 unspecified atom stereocenters. The summed E-state index contributed by atoms with van der Waals surface area (Å²) < 4.78 is 0. The largest absolute Gasteiger partial charge is 0.343 e. The van der Waals surface area contributed by atoms with Gasteiger partial charge in [-0.3, -0.25) is 10.2 Å². The lowest BCUT2D eigenvalue weighted by Gasteiger charge is -2.27. The summed E-state index contributed by atoms with van der Waals surface area (Å²) >= 11 is 0. The third-order valence-corrected chi connectivity index (χ3v) is 4.70. The van der Waals surface area contributed by atoms with Gasteiger partial charge in [-0.1, -0.05) is 41.5 Å². The van der Waals surface area contributed by atoms with Crippen LogP contribution in [-0.2, 0) is 6.54 Å². The summed E-state index contributed by atoms with van der Waals surface area (Å²) in [6.45, 7) is 8.42. The molecule has 2 N–H and O–H groups in total. The number of aromatic nitrogens is 2. The van der Waals surface area contributed by atoms with Crippen molar-refractivity contribution < 1.29 is 0 Å². The Bertz CT molecular complexity index is 993. The van der Waals surface area contributed by atoms with Gasteiger partial charge in [-0.05, 0) is 38.5 Å². The van der Waals surface area contributed by atoms with Crippen molar-refractivity contribution in [3.05, 3.63) is 64.8 Å². The van der Waals surface area contributed by atoms with Crippen molar-refractivity contribution in [3.8, 4) is 0 Å². The van der Waals surface area contributed by atoms with Crippen molar-refractivity contribution in [1.29, 1.82) is 0 Å². The summed E-state index contributed by atoms with van der Waals surface area (Å²) in [4.78, 5) is 16.0. The van der Waals surface area contributed by atoms with E-state index in [-0.39, 0.29) is 0 Å². The SMILES string of the molecule is Cc1ccc(CN2CN=C(Nc3nc(C)c4cc(C)ccc4n3)NC2)cc1. The average Bonchev–Trinajstić information content (AvgIpc) is 2.66. The predicted molar refractivity (Wildman–Crippen MR) is 110 cm³/mol. The summed E-state index contributed by atoms with van der Waals surface area (Å²) in [6, 6.07) is 14.8. The molecule has 6 heteroatoms. The average molecular weight is 360 g/mol. The predicted octanol–water partition coefficient (Wildman–Crippen LogP) is 3.34. The number of hydrogen-bond donors (Lipinski definition) is 2. The van der Waals surface area contributed by atoms with Gasteiger partial charge in [0.25, 0.3) is 0 Å². The minimum atomic E-state index is 0.571. The maximum absolute atomic E-state index is 4.61. The van der Waals surface area contributed by atoms with E-state index >= 15 is 0 Å². The van der Waals surface area contributed by atoms with E-state index in [2.05, 4.69) is 80.7 Å². The fourth-order valence-corrected chi connectivity index (χ4v) is 3.16. The molecule has 0 aliphatic carbocycles. The molecule has 2 heterocycles. The van der Waals surface area contributed by atoms with E-state index in [0.717, 1.165) is 29.8 Å². The third kappa shape index (κ3) is 4.06. The Kier molecular flexibility index (Phi) is 4.73. The first-order chi connectivity index (χ1) is 13.1. The molecule has 0 fully saturated rings. The monoisotopic (exact) mass is 360 g/mol. The molecular weight excluding hydrogens is 336 g/mol. The molecule has 0 spiro atoms. The topological polar surface area (TPSA) is 65.4 Å². The van der Waals surface area contributed by atoms with Crippen LogP contribution in [0.2, 0.25) is 0 Å². The number of rotatable bonds is 3. The molecular formula is C21H24N6. The zero-order valence-corrected chi connectivity index (χ0v) is 16.0. The highest BCUT2D eigenvalue weighted by molar-refractivity contribution is 5.93. The van der Waals surface area contributed by atoms with Gasteiger partial charge in [0.15, 0.2) is 0 Å². The van der Waals surface area contributed by atoms with Gasteiger partial charge in [-0.2, -0.15) is 0 Å². The fourth-order valence-electron chi connectivity index (χ4n) is 3.16. The molecule has 1 aliphatic rings. The highest BCUT2D eigenvalue weighted by atomic mass is 15.4. The number of aliphatic imine (C=N–C) groups is 1. The van der Waals surface area contributed by atoms with Crippen molar-refractivity contribution in [2.45, 2.75) is 27.3 Å². The minimum absolute atomic E-state index is 0.571. The highest BCUT2D eigenvalue weighted by Gasteiger charge is 2.14. The molecule has 0 amide bonds. The minimum Gasteiger partial charge on any atom is -0.343 e. The van der Waals surface area contributed by atoms with Crippen molar-refractivity contribution in [3.63, 3.8) is 0 Å². The molecule has 4 rings (SSSR count). The zero-order chi connectivity index (χ0) is 18.8. The number of benzene rings is 2. The quantitative estimate of drug-likeness (QED) is 0.750. The van der Waals surface area contributed by atoms with Crippen LogP contribution in [0.4, 0.5) is 5.95 Å². The van der Waals surface area contributed by atoms with Crippen molar-refractivity contribution in [2.75, 3.05) is 18.7 Å². The first-order valence-electron chi connectivity index (χ1n) is 9.15. The summed E-state index contributed by atoms with van der Waals surface area (Å²) in [5.41, 5.74) is 5.68. The highest BCUT2D eigenvalue weighted by Crippen LogP contribution is 2.18. The molecule has 0 atom stereocenters. The second kappa shape index (κ2) is 7.32. The van der Waals surface area contributed by atoms with Crippen molar-refractivity contribution >= 4 is 22.8 Å². The van der Waals surface area contributed by atoms with Gasteiger partial charge in [-0.25, -0.2) is 15.0 Å². The van der Waals surface area contributed by atoms with Gasteiger partial charge in [0.1, 0.15) is 0 Å². The molecule has 2 aromatic carbocycles. The van der Waals surface area contributed by atoms with Gasteiger partial charge in [0.2, 0.25) is 11.9 Å². The van der Waals surface area contributed by atoms with Crippen molar-refractivity contribution in [1.82, 2.24) is 20.2 Å². The number of fused-ring (bicyclic) bond motifs is 1. The summed E-state index contributed by atoms with van der Waals surface area (Å²) in [5, 5.41) is 7.61. The van der Waals surface area contributed by atoms with Crippen molar-refractivity contribution in [2.24, 2.45) is 4.99 Å². The molecule has 0 bridgehead atoms. The van der Waals surface area contributed by atoms with E-state index in [0.29, 0.717) is 18.6 Å². The van der Waals surface area contributed by atoms with Crippen LogP contribution in [0.1, 0.15) is 22.4 Å². The Balaban J connectivity index is 1.43. The summed E-state index contributed by atoms with van der Waals surface area (Å²) in [6.07, 6.45) is 0. The van der Waals surface area contributed by atoms with Crippen LogP contribution in [0, 0.1) is 20.8 Å². The summed E-state index contributed by atoms with van der Waals surface area (Å²) in [7, 11) is 0. The number of guanidine groups is 1. The van der Waals surface area contributed by atoms with Gasteiger partial charge < -0.3 is 5.32 Å². The maximum Gasteiger partial charge on any atom is 0.230 e. The third-order valence-electron chi connectivity index (χ3n) is 4.70. The summed E-state index contributed by atoms with van der Waals surface area (Å²) in [5.74, 6) is 1.28. The van der Waals surface area contributed by atoms with Gasteiger partial charge >= 0.3 is 0 Å². The fraction of sp³-hybridized carbons (Fsp3) is 0.286. The van der Waals surface area contributed by atoms with E-state index in [9.17, 15) is 0 Å².